The van der Waals surface area contributed by atoms with E-state index in [4.69, 9.17) is 4.74 Å². The number of carbonyl (C=O) groups is 1. The zero-order chi connectivity index (χ0) is 18.4. The molecule has 5 heteroatoms. The molecule has 0 radical (unpaired) electrons. The number of hydrogen-bond donors (Lipinski definition) is 2. The number of amides is 1. The second-order valence-corrected chi connectivity index (χ2v) is 6.71. The van der Waals surface area contributed by atoms with Crippen molar-refractivity contribution in [3.8, 4) is 5.75 Å². The maximum Gasteiger partial charge on any atom is 0.279 e. The van der Waals surface area contributed by atoms with E-state index < -0.39 is 0 Å². The van der Waals surface area contributed by atoms with Crippen molar-refractivity contribution in [3.63, 3.8) is 0 Å². The van der Waals surface area contributed by atoms with Crippen molar-refractivity contribution in [3.05, 3.63) is 54.1 Å². The average molecular weight is 354 g/mol. The molecule has 0 unspecified atom stereocenters. The fraction of sp³-hybridized carbons (Fsp3) is 0.381. The smallest absolute Gasteiger partial charge is 0.279 e. The molecule has 26 heavy (non-hydrogen) atoms. The molecule has 2 N–H and O–H groups in total. The third-order valence-electron chi connectivity index (χ3n) is 4.96. The molecule has 0 atom stereocenters. The van der Waals surface area contributed by atoms with Crippen LogP contribution in [0.3, 0.4) is 0 Å². The maximum absolute atomic E-state index is 12.3. The summed E-state index contributed by atoms with van der Waals surface area (Å²) in [6.07, 6.45) is 1.01. The molecule has 1 saturated heterocycles. The van der Waals surface area contributed by atoms with Gasteiger partial charge >= 0.3 is 0 Å². The molecule has 1 fully saturated rings. The van der Waals surface area contributed by atoms with Crippen LogP contribution >= 0.6 is 0 Å². The Bertz CT molecular complexity index is 705. The molecular weight excluding hydrogens is 326 g/mol. The van der Waals surface area contributed by atoms with Gasteiger partial charge in [0.05, 0.1) is 33.3 Å². The molecule has 0 aromatic heterocycles. The van der Waals surface area contributed by atoms with Crippen molar-refractivity contribution >= 4 is 17.3 Å². The van der Waals surface area contributed by atoms with E-state index in [1.165, 1.54) is 16.2 Å². The Hall–Kier alpha value is -2.53. The third-order valence-corrected chi connectivity index (χ3v) is 4.96. The summed E-state index contributed by atoms with van der Waals surface area (Å²) in [5.74, 6) is 0.962. The number of anilines is 2. The Balaban J connectivity index is 1.46. The zero-order valence-corrected chi connectivity index (χ0v) is 15.6. The van der Waals surface area contributed by atoms with Crippen LogP contribution in [0.15, 0.2) is 48.5 Å². The first-order valence-electron chi connectivity index (χ1n) is 9.29. The molecule has 3 rings (SSSR count). The van der Waals surface area contributed by atoms with Crippen LogP contribution < -0.4 is 19.9 Å². The molecule has 0 saturated carbocycles. The number of aryl methyl sites for hydroxylation is 1. The first-order chi connectivity index (χ1) is 12.7. The van der Waals surface area contributed by atoms with E-state index in [0.717, 1.165) is 44.0 Å². The van der Waals surface area contributed by atoms with Gasteiger partial charge in [0.2, 0.25) is 0 Å². The van der Waals surface area contributed by atoms with Gasteiger partial charge in [-0.3, -0.25) is 4.79 Å². The standard InChI is InChI=1S/C21H27N3O2/c1-3-17-4-6-18(7-5-17)22-21(25)16-23-12-14-24(15-13-23)19-8-10-20(26-2)11-9-19/h4-11H,3,12-16H2,1-2H3,(H,22,25)/p+1. The zero-order valence-electron chi connectivity index (χ0n) is 15.6. The number of carbonyl (C=O) groups excluding carboxylic acids is 1. The molecule has 1 aliphatic rings. The Kier molecular flexibility index (Phi) is 6.12. The number of benzene rings is 2. The molecule has 1 heterocycles. The highest BCUT2D eigenvalue weighted by atomic mass is 16.5. The number of hydrogen-bond acceptors (Lipinski definition) is 3. The molecule has 0 spiro atoms. The second-order valence-electron chi connectivity index (χ2n) is 6.71. The second kappa shape index (κ2) is 8.72. The van der Waals surface area contributed by atoms with Gasteiger partial charge in [0.1, 0.15) is 5.75 Å². The van der Waals surface area contributed by atoms with Gasteiger partial charge in [-0.2, -0.15) is 0 Å². The fourth-order valence-corrected chi connectivity index (χ4v) is 3.31. The summed E-state index contributed by atoms with van der Waals surface area (Å²) < 4.78 is 5.21. The monoisotopic (exact) mass is 354 g/mol. The van der Waals surface area contributed by atoms with Gasteiger partial charge < -0.3 is 19.9 Å². The SMILES string of the molecule is CCc1ccc(NC(=O)C[NH+]2CCN(c3ccc(OC)cc3)CC2)cc1. The predicted molar refractivity (Wildman–Crippen MR) is 105 cm³/mol. The third kappa shape index (κ3) is 4.76. The van der Waals surface area contributed by atoms with Gasteiger partial charge in [0, 0.05) is 11.4 Å². The summed E-state index contributed by atoms with van der Waals surface area (Å²) in [6.45, 7) is 6.50. The summed E-state index contributed by atoms with van der Waals surface area (Å²) >= 11 is 0. The first-order valence-corrected chi connectivity index (χ1v) is 9.29. The number of ether oxygens (including phenoxy) is 1. The van der Waals surface area contributed by atoms with Crippen molar-refractivity contribution < 1.29 is 14.4 Å². The van der Waals surface area contributed by atoms with Crippen LogP contribution in [0.25, 0.3) is 0 Å². The molecule has 5 nitrogen and oxygen atoms in total. The molecule has 138 valence electrons. The summed E-state index contributed by atoms with van der Waals surface area (Å²) in [6, 6.07) is 16.3. The largest absolute Gasteiger partial charge is 0.497 e. The van der Waals surface area contributed by atoms with E-state index >= 15 is 0 Å². The highest BCUT2D eigenvalue weighted by Crippen LogP contribution is 2.19. The Labute approximate surface area is 155 Å². The summed E-state index contributed by atoms with van der Waals surface area (Å²) in [5, 5.41) is 3.01. The first kappa shape index (κ1) is 18.3. The van der Waals surface area contributed by atoms with Crippen LogP contribution in [0.1, 0.15) is 12.5 Å². The van der Waals surface area contributed by atoms with Gasteiger partial charge in [0.15, 0.2) is 6.54 Å². The minimum atomic E-state index is 0.0853. The summed E-state index contributed by atoms with van der Waals surface area (Å²) in [4.78, 5) is 16.0. The fourth-order valence-electron chi connectivity index (χ4n) is 3.31. The molecule has 1 aliphatic heterocycles. The highest BCUT2D eigenvalue weighted by molar-refractivity contribution is 5.91. The van der Waals surface area contributed by atoms with Crippen LogP contribution in [-0.4, -0.2) is 45.7 Å². The highest BCUT2D eigenvalue weighted by Gasteiger charge is 2.22. The average Bonchev–Trinajstić information content (AvgIpc) is 2.69. The number of methoxy groups -OCH3 is 1. The van der Waals surface area contributed by atoms with E-state index in [1.54, 1.807) is 7.11 Å². The topological polar surface area (TPSA) is 46.0 Å². The minimum absolute atomic E-state index is 0.0853. The Morgan fingerprint density at radius 1 is 1.08 bits per heavy atom. The summed E-state index contributed by atoms with van der Waals surface area (Å²) in [7, 11) is 1.68. The lowest BCUT2D eigenvalue weighted by Gasteiger charge is -2.33. The molecule has 2 aromatic carbocycles. The van der Waals surface area contributed by atoms with Crippen LogP contribution in [0.5, 0.6) is 5.75 Å². The van der Waals surface area contributed by atoms with Crippen molar-refractivity contribution in [2.24, 2.45) is 0 Å². The van der Waals surface area contributed by atoms with Gasteiger partial charge in [-0.25, -0.2) is 0 Å². The van der Waals surface area contributed by atoms with E-state index in [9.17, 15) is 4.79 Å². The Morgan fingerprint density at radius 3 is 2.31 bits per heavy atom. The van der Waals surface area contributed by atoms with Gasteiger partial charge in [-0.15, -0.1) is 0 Å². The number of quaternary nitrogens is 1. The summed E-state index contributed by atoms with van der Waals surface area (Å²) in [5.41, 5.74) is 3.37. The Morgan fingerprint density at radius 2 is 1.73 bits per heavy atom. The van der Waals surface area contributed by atoms with Crippen molar-refractivity contribution in [1.82, 2.24) is 0 Å². The van der Waals surface area contributed by atoms with Gasteiger partial charge in [0.25, 0.3) is 5.91 Å². The number of nitrogens with zero attached hydrogens (tertiary/aromatic N) is 1. The number of piperazine rings is 1. The molecular formula is C21H28N3O2+. The van der Waals surface area contributed by atoms with Crippen LogP contribution in [0.2, 0.25) is 0 Å². The van der Waals surface area contributed by atoms with Crippen LogP contribution in [-0.2, 0) is 11.2 Å². The minimum Gasteiger partial charge on any atom is -0.497 e. The number of rotatable bonds is 6. The maximum atomic E-state index is 12.3. The number of nitrogens with one attached hydrogen (secondary N) is 2. The quantitative estimate of drug-likeness (QED) is 0.828. The van der Waals surface area contributed by atoms with Crippen LogP contribution in [0.4, 0.5) is 11.4 Å². The van der Waals surface area contributed by atoms with Crippen molar-refractivity contribution in [2.75, 3.05) is 50.1 Å². The molecule has 0 aliphatic carbocycles. The van der Waals surface area contributed by atoms with E-state index in [2.05, 4.69) is 41.4 Å². The van der Waals surface area contributed by atoms with Gasteiger partial charge in [-0.1, -0.05) is 19.1 Å². The lowest BCUT2D eigenvalue weighted by molar-refractivity contribution is -0.892. The lowest BCUT2D eigenvalue weighted by atomic mass is 10.1. The molecule has 2 aromatic rings. The van der Waals surface area contributed by atoms with Crippen molar-refractivity contribution in [2.45, 2.75) is 13.3 Å². The van der Waals surface area contributed by atoms with E-state index in [1.807, 2.05) is 24.3 Å². The van der Waals surface area contributed by atoms with E-state index in [0.29, 0.717) is 6.54 Å². The van der Waals surface area contributed by atoms with E-state index in [-0.39, 0.29) is 5.91 Å². The predicted octanol–water partition coefficient (Wildman–Crippen LogP) is 1.60. The molecule has 0 bridgehead atoms. The molecule has 1 amide bonds. The normalized spacial score (nSPS) is 14.9. The van der Waals surface area contributed by atoms with Gasteiger partial charge in [-0.05, 0) is 48.4 Å². The van der Waals surface area contributed by atoms with Crippen LogP contribution in [0, 0.1) is 0 Å². The van der Waals surface area contributed by atoms with Crippen molar-refractivity contribution in [1.29, 1.82) is 0 Å². The lowest BCUT2D eigenvalue weighted by Crippen LogP contribution is -3.15.